The van der Waals surface area contributed by atoms with Crippen molar-refractivity contribution in [2.24, 2.45) is 0 Å². The van der Waals surface area contributed by atoms with Crippen LogP contribution in [0, 0.1) is 0 Å². The molecule has 1 aromatic heterocycles. The average molecular weight is 241 g/mol. The first-order valence-electron chi connectivity index (χ1n) is 4.75. The van der Waals surface area contributed by atoms with Gasteiger partial charge in [0.1, 0.15) is 0 Å². The smallest absolute Gasteiger partial charge is 0.337 e. The molecule has 0 saturated carbocycles. The van der Waals surface area contributed by atoms with Gasteiger partial charge in [0, 0.05) is 25.5 Å². The molecule has 6 heteroatoms. The van der Waals surface area contributed by atoms with Crippen molar-refractivity contribution in [2.75, 3.05) is 36.2 Å². The predicted molar refractivity (Wildman–Crippen MR) is 67.3 cm³/mol. The quantitative estimate of drug-likeness (QED) is 0.805. The zero-order valence-corrected chi connectivity index (χ0v) is 10.1. The zero-order valence-electron chi connectivity index (χ0n) is 9.30. The fourth-order valence-electron chi connectivity index (χ4n) is 1.24. The van der Waals surface area contributed by atoms with Gasteiger partial charge < -0.3 is 15.7 Å². The Morgan fingerprint density at radius 1 is 1.69 bits per heavy atom. The number of nitrogen functional groups attached to an aromatic ring is 1. The highest BCUT2D eigenvalue weighted by atomic mass is 32.2. The molecule has 0 aliphatic carbocycles. The molecule has 3 N–H and O–H groups in total. The van der Waals surface area contributed by atoms with Gasteiger partial charge in [-0.25, -0.2) is 9.78 Å². The van der Waals surface area contributed by atoms with Gasteiger partial charge in [-0.05, 0) is 12.3 Å². The van der Waals surface area contributed by atoms with Gasteiger partial charge in [-0.3, -0.25) is 0 Å². The second kappa shape index (κ2) is 5.60. The summed E-state index contributed by atoms with van der Waals surface area (Å²) in [6.07, 6.45) is 3.35. The van der Waals surface area contributed by atoms with Gasteiger partial charge in [0.15, 0.2) is 5.82 Å². The van der Waals surface area contributed by atoms with Gasteiger partial charge in [-0.1, -0.05) is 0 Å². The van der Waals surface area contributed by atoms with Crippen LogP contribution in [-0.4, -0.2) is 41.7 Å². The van der Waals surface area contributed by atoms with Gasteiger partial charge in [-0.15, -0.1) is 0 Å². The summed E-state index contributed by atoms with van der Waals surface area (Å²) in [5, 5.41) is 8.77. The van der Waals surface area contributed by atoms with Crippen LogP contribution in [0.3, 0.4) is 0 Å². The Kier molecular flexibility index (Phi) is 4.42. The maximum Gasteiger partial charge on any atom is 0.337 e. The van der Waals surface area contributed by atoms with E-state index in [-0.39, 0.29) is 5.56 Å². The predicted octanol–water partition coefficient (Wildman–Crippen LogP) is 1.16. The van der Waals surface area contributed by atoms with Crippen molar-refractivity contribution in [3.8, 4) is 0 Å². The third-order valence-electron chi connectivity index (χ3n) is 2.13. The van der Waals surface area contributed by atoms with Crippen molar-refractivity contribution in [2.45, 2.75) is 0 Å². The molecule has 0 radical (unpaired) electrons. The number of aromatic nitrogens is 1. The summed E-state index contributed by atoms with van der Waals surface area (Å²) < 4.78 is 0. The summed E-state index contributed by atoms with van der Waals surface area (Å²) in [5.74, 6) is 0.578. The molecule has 0 atom stereocenters. The Morgan fingerprint density at radius 3 is 2.88 bits per heavy atom. The number of hydrogen-bond acceptors (Lipinski definition) is 5. The Morgan fingerprint density at radius 2 is 2.38 bits per heavy atom. The highest BCUT2D eigenvalue weighted by Gasteiger charge is 2.10. The van der Waals surface area contributed by atoms with Crippen LogP contribution >= 0.6 is 11.8 Å². The highest BCUT2D eigenvalue weighted by Crippen LogP contribution is 2.20. The minimum atomic E-state index is -1.02. The number of nitrogens with two attached hydrogens (primary N) is 1. The third-order valence-corrected chi connectivity index (χ3v) is 2.73. The van der Waals surface area contributed by atoms with Crippen molar-refractivity contribution in [1.82, 2.24) is 4.98 Å². The molecule has 0 aromatic carbocycles. The monoisotopic (exact) mass is 241 g/mol. The van der Waals surface area contributed by atoms with E-state index in [0.717, 1.165) is 12.3 Å². The summed E-state index contributed by atoms with van der Waals surface area (Å²) in [5.41, 5.74) is 6.26. The standard InChI is InChI=1S/C10H15N3O2S/c1-13(3-4-16-2)9-8(11)5-7(6-12-9)10(14)15/h5-6H,3-4,11H2,1-2H3,(H,14,15). The maximum absolute atomic E-state index is 10.7. The van der Waals surface area contributed by atoms with Crippen molar-refractivity contribution < 1.29 is 9.90 Å². The Bertz CT molecular complexity index is 384. The lowest BCUT2D eigenvalue weighted by atomic mass is 10.2. The molecule has 16 heavy (non-hydrogen) atoms. The molecule has 1 rings (SSSR count). The van der Waals surface area contributed by atoms with Gasteiger partial charge in [0.05, 0.1) is 11.3 Å². The first-order chi connectivity index (χ1) is 7.56. The number of nitrogens with zero attached hydrogens (tertiary/aromatic N) is 2. The van der Waals surface area contributed by atoms with Crippen LogP contribution in [0.2, 0.25) is 0 Å². The third kappa shape index (κ3) is 3.03. The van der Waals surface area contributed by atoms with Crippen LogP contribution < -0.4 is 10.6 Å². The van der Waals surface area contributed by atoms with Crippen molar-refractivity contribution >= 4 is 29.2 Å². The summed E-state index contributed by atoms with van der Waals surface area (Å²) in [7, 11) is 1.88. The van der Waals surface area contributed by atoms with E-state index in [9.17, 15) is 4.79 Å². The van der Waals surface area contributed by atoms with Gasteiger partial charge >= 0.3 is 5.97 Å². The molecule has 0 unspecified atom stereocenters. The Balaban J connectivity index is 2.85. The normalized spacial score (nSPS) is 10.1. The first kappa shape index (κ1) is 12.6. The van der Waals surface area contributed by atoms with Gasteiger partial charge in [-0.2, -0.15) is 11.8 Å². The van der Waals surface area contributed by atoms with Crippen molar-refractivity contribution in [3.63, 3.8) is 0 Å². The lowest BCUT2D eigenvalue weighted by molar-refractivity contribution is 0.0696. The van der Waals surface area contributed by atoms with E-state index in [1.165, 1.54) is 12.3 Å². The maximum atomic E-state index is 10.7. The minimum absolute atomic E-state index is 0.111. The van der Waals surface area contributed by atoms with E-state index in [4.69, 9.17) is 10.8 Å². The molecule has 0 saturated heterocycles. The van der Waals surface area contributed by atoms with E-state index in [1.807, 2.05) is 18.2 Å². The van der Waals surface area contributed by atoms with Crippen LogP contribution in [0.25, 0.3) is 0 Å². The molecular weight excluding hydrogens is 226 g/mol. The fourth-order valence-corrected chi connectivity index (χ4v) is 1.70. The van der Waals surface area contributed by atoms with Crippen LogP contribution in [0.1, 0.15) is 10.4 Å². The molecule has 0 aliphatic rings. The first-order valence-corrected chi connectivity index (χ1v) is 6.14. The number of carboxylic acid groups (broad SMARTS) is 1. The van der Waals surface area contributed by atoms with E-state index in [1.54, 1.807) is 11.8 Å². The number of pyridine rings is 1. The van der Waals surface area contributed by atoms with Crippen LogP contribution in [0.15, 0.2) is 12.3 Å². The molecule has 0 spiro atoms. The van der Waals surface area contributed by atoms with E-state index in [0.29, 0.717) is 11.5 Å². The Labute approximate surface area is 98.7 Å². The minimum Gasteiger partial charge on any atom is -0.478 e. The summed E-state index contributed by atoms with van der Waals surface area (Å²) in [6, 6.07) is 1.43. The summed E-state index contributed by atoms with van der Waals surface area (Å²) in [4.78, 5) is 16.7. The van der Waals surface area contributed by atoms with Crippen molar-refractivity contribution in [3.05, 3.63) is 17.8 Å². The van der Waals surface area contributed by atoms with Gasteiger partial charge in [0.25, 0.3) is 0 Å². The van der Waals surface area contributed by atoms with Crippen molar-refractivity contribution in [1.29, 1.82) is 0 Å². The fraction of sp³-hybridized carbons (Fsp3) is 0.400. The van der Waals surface area contributed by atoms with Crippen LogP contribution in [-0.2, 0) is 0 Å². The largest absolute Gasteiger partial charge is 0.478 e. The summed E-state index contributed by atoms with van der Waals surface area (Å²) in [6.45, 7) is 0.824. The number of rotatable bonds is 5. The molecule has 88 valence electrons. The van der Waals surface area contributed by atoms with Crippen LogP contribution in [0.4, 0.5) is 11.5 Å². The average Bonchev–Trinajstić information content (AvgIpc) is 2.25. The van der Waals surface area contributed by atoms with E-state index < -0.39 is 5.97 Å². The second-order valence-corrected chi connectivity index (χ2v) is 4.34. The Hall–Kier alpha value is -1.43. The zero-order chi connectivity index (χ0) is 12.1. The number of aromatic carboxylic acids is 1. The van der Waals surface area contributed by atoms with Crippen LogP contribution in [0.5, 0.6) is 0 Å². The number of hydrogen-bond donors (Lipinski definition) is 2. The lowest BCUT2D eigenvalue weighted by Gasteiger charge is -2.19. The molecule has 1 aromatic rings. The second-order valence-electron chi connectivity index (χ2n) is 3.36. The number of thioether (sulfide) groups is 1. The molecule has 0 fully saturated rings. The summed E-state index contributed by atoms with van der Waals surface area (Å²) >= 11 is 1.73. The number of carbonyl (C=O) groups is 1. The molecule has 0 bridgehead atoms. The molecule has 5 nitrogen and oxygen atoms in total. The lowest BCUT2D eigenvalue weighted by Crippen LogP contribution is -2.22. The van der Waals surface area contributed by atoms with E-state index >= 15 is 0 Å². The van der Waals surface area contributed by atoms with E-state index in [2.05, 4.69) is 4.98 Å². The molecule has 0 amide bonds. The molecule has 0 aliphatic heterocycles. The SMILES string of the molecule is CSCCN(C)c1ncc(C(=O)O)cc1N. The molecule has 1 heterocycles. The highest BCUT2D eigenvalue weighted by molar-refractivity contribution is 7.98. The number of carboxylic acids is 1. The van der Waals surface area contributed by atoms with Gasteiger partial charge in [0.2, 0.25) is 0 Å². The molecular formula is C10H15N3O2S. The topological polar surface area (TPSA) is 79.5 Å². The number of anilines is 2.